The minimum atomic E-state index is -1.95. The lowest BCUT2D eigenvalue weighted by Gasteiger charge is -2.42. The molecule has 0 bridgehead atoms. The summed E-state index contributed by atoms with van der Waals surface area (Å²) in [6.07, 6.45) is -1.30. The molecule has 0 saturated carbocycles. The molecule has 0 unspecified atom stereocenters. The molecule has 0 amide bonds. The van der Waals surface area contributed by atoms with Crippen LogP contribution in [0.2, 0.25) is 5.02 Å². The smallest absolute Gasteiger partial charge is 0.195 e. The van der Waals surface area contributed by atoms with Crippen LogP contribution in [0.1, 0.15) is 51.8 Å². The summed E-state index contributed by atoms with van der Waals surface area (Å²) in [6.45, 7) is -0.0818. The van der Waals surface area contributed by atoms with E-state index in [1.165, 1.54) is 11.0 Å². The van der Waals surface area contributed by atoms with Gasteiger partial charge in [-0.3, -0.25) is 33.8 Å². The number of carbonyl (C=O) groups excluding carboxylic acids is 5. The first-order chi connectivity index (χ1) is 19.1. The average molecular weight is 553 g/mol. The van der Waals surface area contributed by atoms with Crippen LogP contribution in [-0.2, 0) is 0 Å². The molecule has 3 atom stereocenters. The maximum atomic E-state index is 14.8. The van der Waals surface area contributed by atoms with Gasteiger partial charge < -0.3 is 4.74 Å². The Balaban J connectivity index is 1.46. The third kappa shape index (κ3) is 2.19. The van der Waals surface area contributed by atoms with E-state index in [1.807, 2.05) is 0 Å². The number of rotatable bonds is 0. The Morgan fingerprint density at radius 3 is 1.73 bits per heavy atom. The summed E-state index contributed by atoms with van der Waals surface area (Å²) in [5.41, 5.74) is -4.26. The largest absolute Gasteiger partial charge is 0.486 e. The molecule has 5 aliphatic rings. The van der Waals surface area contributed by atoms with Gasteiger partial charge in [-0.2, -0.15) is 0 Å². The van der Waals surface area contributed by atoms with Gasteiger partial charge in [-0.05, 0) is 32.3 Å². The number of Topliss-reactive ketones (excluding diaryl/α,β-unsaturated/α-hetero) is 5. The van der Waals surface area contributed by atoms with Crippen LogP contribution in [-0.4, -0.2) is 82.6 Å². The second-order valence-corrected chi connectivity index (χ2v) is 11.8. The van der Waals surface area contributed by atoms with E-state index in [9.17, 15) is 24.0 Å². The van der Waals surface area contributed by atoms with Crippen LogP contribution in [0.25, 0.3) is 0 Å². The number of benzene rings is 3. The predicted molar refractivity (Wildman–Crippen MR) is 142 cm³/mol. The number of hydrogen-bond donors (Lipinski definition) is 0. The van der Waals surface area contributed by atoms with Crippen molar-refractivity contribution in [2.45, 2.75) is 23.2 Å². The van der Waals surface area contributed by atoms with Crippen molar-refractivity contribution in [3.05, 3.63) is 99.6 Å². The van der Waals surface area contributed by atoms with E-state index in [0.717, 1.165) is 0 Å². The third-order valence-electron chi connectivity index (χ3n) is 9.85. The quantitative estimate of drug-likeness (QED) is 0.392. The molecule has 9 heteroatoms. The zero-order valence-corrected chi connectivity index (χ0v) is 22.2. The number of ether oxygens (including phenoxy) is 1. The fraction of sp³-hybridized carbons (Fsp3) is 0.258. The molecule has 3 aromatic rings. The Morgan fingerprint density at radius 2 is 1.20 bits per heavy atom. The van der Waals surface area contributed by atoms with Gasteiger partial charge in [0.15, 0.2) is 40.0 Å². The van der Waals surface area contributed by atoms with Crippen molar-refractivity contribution in [2.75, 3.05) is 20.6 Å². The van der Waals surface area contributed by atoms with Gasteiger partial charge >= 0.3 is 0 Å². The van der Waals surface area contributed by atoms with E-state index < -0.39 is 57.6 Å². The molecule has 198 valence electrons. The lowest BCUT2D eigenvalue weighted by atomic mass is 9.65. The van der Waals surface area contributed by atoms with Crippen molar-refractivity contribution in [1.82, 2.24) is 9.80 Å². The average Bonchev–Trinajstić information content (AvgIpc) is 3.53. The molecule has 2 saturated heterocycles. The number of nitrogens with zero attached hydrogens (tertiary/aromatic N) is 2. The van der Waals surface area contributed by atoms with Gasteiger partial charge in [0.05, 0.1) is 11.6 Å². The molecule has 8 nitrogen and oxygen atoms in total. The second kappa shape index (κ2) is 7.20. The fourth-order valence-electron chi connectivity index (χ4n) is 8.40. The number of carbonyl (C=O) groups is 5. The molecule has 2 aliphatic carbocycles. The lowest BCUT2D eigenvalue weighted by molar-refractivity contribution is 0.00734. The molecule has 3 aromatic carbocycles. The van der Waals surface area contributed by atoms with Gasteiger partial charge in [-0.15, -0.1) is 0 Å². The third-order valence-corrected chi connectivity index (χ3v) is 10.1. The number of likely N-dealkylation sites (tertiary alicyclic amines) is 2. The summed E-state index contributed by atoms with van der Waals surface area (Å²) in [4.78, 5) is 75.4. The second-order valence-electron chi connectivity index (χ2n) is 11.3. The van der Waals surface area contributed by atoms with E-state index in [2.05, 4.69) is 0 Å². The van der Waals surface area contributed by atoms with Crippen LogP contribution in [0, 0.1) is 5.41 Å². The van der Waals surface area contributed by atoms with E-state index in [1.54, 1.807) is 79.7 Å². The molecule has 3 heterocycles. The van der Waals surface area contributed by atoms with Crippen molar-refractivity contribution >= 4 is 40.5 Å². The summed E-state index contributed by atoms with van der Waals surface area (Å²) in [5, 5.41) is 0.310. The Morgan fingerprint density at radius 1 is 0.700 bits per heavy atom. The molecule has 0 N–H and O–H groups in total. The van der Waals surface area contributed by atoms with Gasteiger partial charge in [0.1, 0.15) is 17.3 Å². The highest BCUT2D eigenvalue weighted by Gasteiger charge is 2.87. The summed E-state index contributed by atoms with van der Waals surface area (Å²) < 4.78 is 6.55. The first kappa shape index (κ1) is 23.9. The van der Waals surface area contributed by atoms with E-state index >= 15 is 0 Å². The van der Waals surface area contributed by atoms with Crippen molar-refractivity contribution in [1.29, 1.82) is 0 Å². The predicted octanol–water partition coefficient (Wildman–Crippen LogP) is 3.17. The van der Waals surface area contributed by atoms with E-state index in [4.69, 9.17) is 16.3 Å². The number of likely N-dealkylation sites (N-methyl/N-ethyl adjacent to an activating group) is 2. The molecule has 2 fully saturated rings. The molecule has 40 heavy (non-hydrogen) atoms. The SMILES string of the molecule is CN1C[C@]23C(=O)c4cc(Cl)ccc4O[C@H]2C2(C(=O)c4ccccc4C2=O)N(C)[C@@H]3C12C(=O)c1ccccc1C2=O. The standard InChI is InChI=1S/C31H21ClN2O6/c1-33-14-29-22(35)20-13-15(32)11-12-21(20)40-28(29)31(25(38)18-9-5-6-10-19(18)26(31)39)34(2)27(29)30(33)23(36)16-7-3-4-8-17(16)24(30)37/h3-13,27-28H,14H2,1-2H3/t27-,28+,29+/m0/s1. The van der Waals surface area contributed by atoms with Gasteiger partial charge in [-0.25, -0.2) is 0 Å². The van der Waals surface area contributed by atoms with Crippen molar-refractivity contribution in [2.24, 2.45) is 5.41 Å². The fourth-order valence-corrected chi connectivity index (χ4v) is 8.58. The zero-order valence-electron chi connectivity index (χ0n) is 21.4. The van der Waals surface area contributed by atoms with Crippen molar-refractivity contribution in [3.8, 4) is 5.75 Å². The van der Waals surface area contributed by atoms with Gasteiger partial charge in [0.2, 0.25) is 0 Å². The molecule has 0 aromatic heterocycles. The van der Waals surface area contributed by atoms with Crippen LogP contribution in [0.15, 0.2) is 66.7 Å². The van der Waals surface area contributed by atoms with Crippen LogP contribution < -0.4 is 4.74 Å². The molecule has 3 spiro atoms. The molecular formula is C31H21ClN2O6. The first-order valence-corrected chi connectivity index (χ1v) is 13.3. The molecule has 0 radical (unpaired) electrons. The highest BCUT2D eigenvalue weighted by atomic mass is 35.5. The summed E-state index contributed by atoms with van der Waals surface area (Å²) in [7, 11) is 3.20. The van der Waals surface area contributed by atoms with Crippen LogP contribution in [0.4, 0.5) is 0 Å². The Labute approximate surface area is 233 Å². The summed E-state index contributed by atoms with van der Waals surface area (Å²) in [5.74, 6) is -2.14. The molecule has 3 aliphatic heterocycles. The summed E-state index contributed by atoms with van der Waals surface area (Å²) in [6, 6.07) is 16.5. The first-order valence-electron chi connectivity index (χ1n) is 13.0. The lowest BCUT2D eigenvalue weighted by Crippen LogP contribution is -2.67. The van der Waals surface area contributed by atoms with Crippen LogP contribution >= 0.6 is 11.6 Å². The minimum Gasteiger partial charge on any atom is -0.486 e. The maximum Gasteiger partial charge on any atom is 0.195 e. The zero-order chi connectivity index (χ0) is 27.9. The molecule has 8 rings (SSSR count). The number of fused-ring (bicyclic) bond motifs is 5. The number of halogens is 1. The van der Waals surface area contributed by atoms with Crippen LogP contribution in [0.5, 0.6) is 5.75 Å². The minimum absolute atomic E-state index is 0.0818. The van der Waals surface area contributed by atoms with E-state index in [0.29, 0.717) is 5.02 Å². The van der Waals surface area contributed by atoms with Crippen LogP contribution in [0.3, 0.4) is 0 Å². The maximum absolute atomic E-state index is 14.8. The van der Waals surface area contributed by atoms with Crippen molar-refractivity contribution < 1.29 is 28.7 Å². The van der Waals surface area contributed by atoms with Gasteiger partial charge in [0, 0.05) is 33.8 Å². The topological polar surface area (TPSA) is 101 Å². The Hall–Kier alpha value is -3.98. The van der Waals surface area contributed by atoms with Gasteiger partial charge in [-0.1, -0.05) is 60.1 Å². The summed E-state index contributed by atoms with van der Waals surface area (Å²) >= 11 is 6.29. The highest BCUT2D eigenvalue weighted by molar-refractivity contribution is 6.37. The highest BCUT2D eigenvalue weighted by Crippen LogP contribution is 2.64. The normalized spacial score (nSPS) is 29.0. The number of hydrogen-bond acceptors (Lipinski definition) is 8. The van der Waals surface area contributed by atoms with E-state index in [-0.39, 0.29) is 40.1 Å². The van der Waals surface area contributed by atoms with Gasteiger partial charge in [0.25, 0.3) is 0 Å². The number of ketones is 5. The Bertz CT molecular complexity index is 1730. The molecular weight excluding hydrogens is 532 g/mol. The monoisotopic (exact) mass is 552 g/mol. The Kier molecular flexibility index (Phi) is 4.30. The van der Waals surface area contributed by atoms with Crippen molar-refractivity contribution in [3.63, 3.8) is 0 Å².